The fourth-order valence-electron chi connectivity index (χ4n) is 2.74. The van der Waals surface area contributed by atoms with Gasteiger partial charge in [-0.3, -0.25) is 4.79 Å². The third kappa shape index (κ3) is 3.39. The summed E-state index contributed by atoms with van der Waals surface area (Å²) in [4.78, 5) is 19.3. The lowest BCUT2D eigenvalue weighted by Gasteiger charge is -2.01. The molecule has 4 aromatic rings. The lowest BCUT2D eigenvalue weighted by atomic mass is 10.2. The number of fused-ring (bicyclic) bond motifs is 1. The highest BCUT2D eigenvalue weighted by Gasteiger charge is 2.10. The number of aromatic amines is 1. The Morgan fingerprint density at radius 3 is 2.81 bits per heavy atom. The van der Waals surface area contributed by atoms with Gasteiger partial charge in [0.2, 0.25) is 0 Å². The molecular formula is C21H12ClN3O2. The average molecular weight is 374 g/mol. The van der Waals surface area contributed by atoms with Gasteiger partial charge in [0, 0.05) is 16.7 Å². The molecule has 2 aromatic heterocycles. The van der Waals surface area contributed by atoms with E-state index >= 15 is 0 Å². The fourth-order valence-corrected chi connectivity index (χ4v) is 2.93. The number of nitriles is 1. The Bertz CT molecular complexity index is 1280. The van der Waals surface area contributed by atoms with Crippen LogP contribution in [-0.2, 0) is 0 Å². The lowest BCUT2D eigenvalue weighted by Crippen LogP contribution is -2.11. The molecule has 0 saturated heterocycles. The van der Waals surface area contributed by atoms with Gasteiger partial charge in [-0.1, -0.05) is 35.9 Å². The monoisotopic (exact) mass is 373 g/mol. The number of halogens is 1. The van der Waals surface area contributed by atoms with Crippen LogP contribution in [0, 0.1) is 11.3 Å². The van der Waals surface area contributed by atoms with E-state index in [2.05, 4.69) is 16.0 Å². The van der Waals surface area contributed by atoms with Crippen molar-refractivity contribution in [3.63, 3.8) is 0 Å². The minimum Gasteiger partial charge on any atom is -0.457 e. The quantitative estimate of drug-likeness (QED) is 0.518. The van der Waals surface area contributed by atoms with Crippen molar-refractivity contribution in [3.8, 4) is 17.4 Å². The minimum atomic E-state index is -0.296. The van der Waals surface area contributed by atoms with E-state index < -0.39 is 0 Å². The van der Waals surface area contributed by atoms with E-state index in [0.29, 0.717) is 27.4 Å². The van der Waals surface area contributed by atoms with E-state index in [4.69, 9.17) is 16.0 Å². The molecule has 4 rings (SSSR count). The Hall–Kier alpha value is -3.62. The van der Waals surface area contributed by atoms with Gasteiger partial charge in [0.1, 0.15) is 17.6 Å². The number of rotatable bonds is 3. The summed E-state index contributed by atoms with van der Waals surface area (Å²) in [7, 11) is 0. The van der Waals surface area contributed by atoms with Crippen LogP contribution in [0.25, 0.3) is 33.9 Å². The number of nitrogens with zero attached hydrogens (tertiary/aromatic N) is 2. The SMILES string of the molecule is N#C/C(=C/c1ccc(-c2cccc(Cl)c2)o1)c1nc2ccccc2c(=O)[nH]1. The van der Waals surface area contributed by atoms with Crippen molar-refractivity contribution in [1.82, 2.24) is 9.97 Å². The molecule has 0 unspecified atom stereocenters. The first-order valence-electron chi connectivity index (χ1n) is 8.11. The van der Waals surface area contributed by atoms with Crippen LogP contribution in [0.2, 0.25) is 5.02 Å². The van der Waals surface area contributed by atoms with E-state index in [1.807, 2.05) is 12.1 Å². The average Bonchev–Trinajstić information content (AvgIpc) is 3.15. The number of aromatic nitrogens is 2. The van der Waals surface area contributed by atoms with Crippen LogP contribution in [0.3, 0.4) is 0 Å². The molecular weight excluding hydrogens is 362 g/mol. The van der Waals surface area contributed by atoms with Gasteiger partial charge in [-0.15, -0.1) is 0 Å². The Kier molecular flexibility index (Phi) is 4.33. The lowest BCUT2D eigenvalue weighted by molar-refractivity contribution is 0.572. The van der Waals surface area contributed by atoms with Crippen molar-refractivity contribution in [1.29, 1.82) is 5.26 Å². The summed E-state index contributed by atoms with van der Waals surface area (Å²) in [6.45, 7) is 0. The number of allylic oxidation sites excluding steroid dienone is 1. The third-order valence-electron chi connectivity index (χ3n) is 4.01. The van der Waals surface area contributed by atoms with Gasteiger partial charge in [-0.05, 0) is 36.4 Å². The van der Waals surface area contributed by atoms with Crippen LogP contribution in [0.4, 0.5) is 0 Å². The number of nitrogens with one attached hydrogen (secondary N) is 1. The zero-order chi connectivity index (χ0) is 18.8. The standard InChI is InChI=1S/C21H12ClN3O2/c22-15-5-3-4-13(10-15)19-9-8-16(27-19)11-14(12-23)20-24-18-7-2-1-6-17(18)21(26)25-20/h1-11H,(H,24,25,26)/b14-11-. The Morgan fingerprint density at radius 1 is 1.15 bits per heavy atom. The van der Waals surface area contributed by atoms with Crippen LogP contribution in [0.1, 0.15) is 11.6 Å². The maximum absolute atomic E-state index is 12.2. The normalized spacial score (nSPS) is 11.5. The zero-order valence-electron chi connectivity index (χ0n) is 13.9. The summed E-state index contributed by atoms with van der Waals surface area (Å²) in [5.41, 5.74) is 1.26. The summed E-state index contributed by atoms with van der Waals surface area (Å²) in [6, 6.07) is 19.9. The Labute approximate surface area is 159 Å². The maximum atomic E-state index is 12.2. The van der Waals surface area contributed by atoms with E-state index in [0.717, 1.165) is 5.56 Å². The van der Waals surface area contributed by atoms with Gasteiger partial charge in [-0.25, -0.2) is 4.98 Å². The summed E-state index contributed by atoms with van der Waals surface area (Å²) in [6.07, 6.45) is 1.54. The van der Waals surface area contributed by atoms with Gasteiger partial charge in [0.05, 0.1) is 16.5 Å². The summed E-state index contributed by atoms with van der Waals surface area (Å²) in [5.74, 6) is 1.29. The molecule has 0 aliphatic heterocycles. The number of hydrogen-bond donors (Lipinski definition) is 1. The predicted octanol–water partition coefficient (Wildman–Crippen LogP) is 4.90. The molecule has 5 nitrogen and oxygen atoms in total. The molecule has 0 fully saturated rings. The zero-order valence-corrected chi connectivity index (χ0v) is 14.7. The molecule has 0 amide bonds. The van der Waals surface area contributed by atoms with Crippen molar-refractivity contribution >= 4 is 34.2 Å². The van der Waals surface area contributed by atoms with Gasteiger partial charge in [0.25, 0.3) is 5.56 Å². The van der Waals surface area contributed by atoms with Crippen molar-refractivity contribution in [2.45, 2.75) is 0 Å². The second-order valence-corrected chi connectivity index (χ2v) is 6.25. The van der Waals surface area contributed by atoms with E-state index in [1.165, 1.54) is 0 Å². The summed E-state index contributed by atoms with van der Waals surface area (Å²) < 4.78 is 5.79. The molecule has 0 radical (unpaired) electrons. The first-order valence-corrected chi connectivity index (χ1v) is 8.49. The van der Waals surface area contributed by atoms with Crippen LogP contribution in [0.15, 0.2) is 69.9 Å². The van der Waals surface area contributed by atoms with Crippen molar-refractivity contribution < 1.29 is 4.42 Å². The molecule has 130 valence electrons. The van der Waals surface area contributed by atoms with Gasteiger partial charge in [0.15, 0.2) is 5.82 Å². The summed E-state index contributed by atoms with van der Waals surface area (Å²) in [5, 5.41) is 10.6. The fraction of sp³-hybridized carbons (Fsp3) is 0. The van der Waals surface area contributed by atoms with E-state index in [-0.39, 0.29) is 17.0 Å². The highest BCUT2D eigenvalue weighted by molar-refractivity contribution is 6.30. The molecule has 0 saturated carbocycles. The maximum Gasteiger partial charge on any atom is 0.259 e. The number of furan rings is 1. The second kappa shape index (κ2) is 6.94. The molecule has 27 heavy (non-hydrogen) atoms. The second-order valence-electron chi connectivity index (χ2n) is 5.81. The van der Waals surface area contributed by atoms with Gasteiger partial charge >= 0.3 is 0 Å². The first kappa shape index (κ1) is 16.8. The predicted molar refractivity (Wildman–Crippen MR) is 105 cm³/mol. The number of para-hydroxylation sites is 1. The van der Waals surface area contributed by atoms with Crippen LogP contribution < -0.4 is 5.56 Å². The Balaban J connectivity index is 1.75. The Morgan fingerprint density at radius 2 is 2.00 bits per heavy atom. The molecule has 0 aliphatic carbocycles. The molecule has 0 aliphatic rings. The van der Waals surface area contributed by atoms with Crippen molar-refractivity contribution in [2.75, 3.05) is 0 Å². The van der Waals surface area contributed by atoms with Crippen molar-refractivity contribution in [3.05, 3.63) is 87.6 Å². The molecule has 6 heteroatoms. The molecule has 2 heterocycles. The van der Waals surface area contributed by atoms with Crippen LogP contribution >= 0.6 is 11.6 Å². The van der Waals surface area contributed by atoms with Gasteiger partial charge in [-0.2, -0.15) is 5.26 Å². The molecule has 1 N–H and O–H groups in total. The minimum absolute atomic E-state index is 0.196. The topological polar surface area (TPSA) is 82.7 Å². The van der Waals surface area contributed by atoms with Crippen LogP contribution in [0.5, 0.6) is 0 Å². The van der Waals surface area contributed by atoms with E-state index in [1.54, 1.807) is 54.6 Å². The third-order valence-corrected chi connectivity index (χ3v) is 4.25. The van der Waals surface area contributed by atoms with E-state index in [9.17, 15) is 10.1 Å². The number of hydrogen-bond acceptors (Lipinski definition) is 4. The molecule has 2 aromatic carbocycles. The number of benzene rings is 2. The van der Waals surface area contributed by atoms with Crippen LogP contribution in [-0.4, -0.2) is 9.97 Å². The molecule has 0 bridgehead atoms. The first-order chi connectivity index (χ1) is 13.1. The van der Waals surface area contributed by atoms with Gasteiger partial charge < -0.3 is 9.40 Å². The molecule has 0 atom stereocenters. The molecule has 0 spiro atoms. The highest BCUT2D eigenvalue weighted by Crippen LogP contribution is 2.26. The summed E-state index contributed by atoms with van der Waals surface area (Å²) >= 11 is 6.01. The highest BCUT2D eigenvalue weighted by atomic mass is 35.5. The largest absolute Gasteiger partial charge is 0.457 e. The van der Waals surface area contributed by atoms with Crippen molar-refractivity contribution in [2.24, 2.45) is 0 Å². The number of H-pyrrole nitrogens is 1. The smallest absolute Gasteiger partial charge is 0.259 e.